The number of amides is 1. The number of nitrogens with zero attached hydrogens (tertiary/aromatic N) is 2. The van der Waals surface area contributed by atoms with E-state index in [1.807, 2.05) is 53.4 Å². The molecule has 1 aliphatic heterocycles. The zero-order valence-corrected chi connectivity index (χ0v) is 18.0. The number of methoxy groups -OCH3 is 2. The summed E-state index contributed by atoms with van der Waals surface area (Å²) in [6, 6.07) is 15.7. The van der Waals surface area contributed by atoms with Crippen LogP contribution in [0.4, 0.5) is 0 Å². The fraction of sp³-hybridized carbons (Fsp3) is 0.360. The Morgan fingerprint density at radius 3 is 2.77 bits per heavy atom. The van der Waals surface area contributed by atoms with Gasteiger partial charge in [-0.15, -0.1) is 0 Å². The second-order valence-electron chi connectivity index (χ2n) is 7.69. The van der Waals surface area contributed by atoms with E-state index in [0.29, 0.717) is 25.2 Å². The van der Waals surface area contributed by atoms with Crippen LogP contribution in [-0.2, 0) is 11.2 Å². The molecule has 0 spiro atoms. The van der Waals surface area contributed by atoms with Gasteiger partial charge in [-0.3, -0.25) is 4.79 Å². The molecule has 1 saturated heterocycles. The van der Waals surface area contributed by atoms with Crippen LogP contribution >= 0.6 is 0 Å². The van der Waals surface area contributed by atoms with Crippen molar-refractivity contribution in [2.45, 2.75) is 38.1 Å². The van der Waals surface area contributed by atoms with Gasteiger partial charge in [-0.25, -0.2) is 4.98 Å². The van der Waals surface area contributed by atoms with Crippen molar-refractivity contribution in [1.29, 1.82) is 0 Å². The van der Waals surface area contributed by atoms with E-state index < -0.39 is 0 Å². The van der Waals surface area contributed by atoms with Crippen LogP contribution in [0.3, 0.4) is 0 Å². The molecule has 0 bridgehead atoms. The van der Waals surface area contributed by atoms with Crippen LogP contribution in [0.25, 0.3) is 11.3 Å². The third-order valence-corrected chi connectivity index (χ3v) is 5.76. The molecular formula is C25H28N2O4. The largest absolute Gasteiger partial charge is 0.497 e. The van der Waals surface area contributed by atoms with Crippen molar-refractivity contribution in [3.8, 4) is 22.8 Å². The number of rotatable bonds is 8. The number of carbonyl (C=O) groups excluding carboxylic acids is 1. The zero-order chi connectivity index (χ0) is 21.6. The van der Waals surface area contributed by atoms with Crippen LogP contribution in [-0.4, -0.2) is 36.6 Å². The van der Waals surface area contributed by atoms with Gasteiger partial charge in [-0.2, -0.15) is 0 Å². The molecule has 2 heterocycles. The summed E-state index contributed by atoms with van der Waals surface area (Å²) in [7, 11) is 3.31. The van der Waals surface area contributed by atoms with Gasteiger partial charge in [0.25, 0.3) is 0 Å². The predicted octanol–water partition coefficient (Wildman–Crippen LogP) is 5.05. The summed E-state index contributed by atoms with van der Waals surface area (Å²) in [4.78, 5) is 19.3. The van der Waals surface area contributed by atoms with Gasteiger partial charge in [-0.1, -0.05) is 30.3 Å². The van der Waals surface area contributed by atoms with E-state index in [1.165, 1.54) is 0 Å². The average molecular weight is 421 g/mol. The molecule has 0 radical (unpaired) electrons. The summed E-state index contributed by atoms with van der Waals surface area (Å²) in [5, 5.41) is 0. The molecule has 31 heavy (non-hydrogen) atoms. The van der Waals surface area contributed by atoms with Crippen molar-refractivity contribution in [2.75, 3.05) is 20.8 Å². The summed E-state index contributed by atoms with van der Waals surface area (Å²) >= 11 is 0. The fourth-order valence-electron chi connectivity index (χ4n) is 4.18. The van der Waals surface area contributed by atoms with Crippen LogP contribution in [0.5, 0.6) is 11.5 Å². The van der Waals surface area contributed by atoms with Crippen LogP contribution in [0.2, 0.25) is 0 Å². The lowest BCUT2D eigenvalue weighted by Gasteiger charge is -2.26. The quantitative estimate of drug-likeness (QED) is 0.510. The first-order valence-corrected chi connectivity index (χ1v) is 10.7. The summed E-state index contributed by atoms with van der Waals surface area (Å²) in [5.74, 6) is 3.14. The number of likely N-dealkylation sites (tertiary alicyclic amines) is 1. The first kappa shape index (κ1) is 21.0. The number of ether oxygens (including phenoxy) is 2. The van der Waals surface area contributed by atoms with Gasteiger partial charge in [-0.05, 0) is 37.5 Å². The maximum absolute atomic E-state index is 13.0. The van der Waals surface area contributed by atoms with E-state index in [1.54, 1.807) is 20.4 Å². The van der Waals surface area contributed by atoms with Gasteiger partial charge in [0.05, 0.1) is 26.5 Å². The number of hydrogen-bond acceptors (Lipinski definition) is 5. The Balaban J connectivity index is 1.37. The highest BCUT2D eigenvalue weighted by Gasteiger charge is 2.31. The Kier molecular flexibility index (Phi) is 6.55. The average Bonchev–Trinajstić information content (AvgIpc) is 3.49. The normalized spacial score (nSPS) is 15.8. The second-order valence-corrected chi connectivity index (χ2v) is 7.69. The lowest BCUT2D eigenvalue weighted by Crippen LogP contribution is -2.30. The monoisotopic (exact) mass is 420 g/mol. The summed E-state index contributed by atoms with van der Waals surface area (Å²) in [6.45, 7) is 0.765. The summed E-state index contributed by atoms with van der Waals surface area (Å²) in [5.41, 5.74) is 2.01. The first-order chi connectivity index (χ1) is 15.2. The van der Waals surface area contributed by atoms with Gasteiger partial charge >= 0.3 is 0 Å². The highest BCUT2D eigenvalue weighted by atomic mass is 16.5. The molecule has 3 aromatic rings. The SMILES string of the molecule is COc1ccc(OC)c(C2CCCN2C(=O)CCCc2ncc(-c3ccccc3)o2)c1. The number of aromatic nitrogens is 1. The molecule has 2 aromatic carbocycles. The molecule has 1 amide bonds. The Morgan fingerprint density at radius 2 is 2.00 bits per heavy atom. The zero-order valence-electron chi connectivity index (χ0n) is 18.0. The number of oxazole rings is 1. The topological polar surface area (TPSA) is 64.8 Å². The van der Waals surface area contributed by atoms with Gasteiger partial charge in [0, 0.05) is 30.5 Å². The number of carbonyl (C=O) groups is 1. The Hall–Kier alpha value is -3.28. The molecule has 6 heteroatoms. The minimum Gasteiger partial charge on any atom is -0.497 e. The third kappa shape index (κ3) is 4.74. The lowest BCUT2D eigenvalue weighted by molar-refractivity contribution is -0.132. The van der Waals surface area contributed by atoms with E-state index in [-0.39, 0.29) is 11.9 Å². The molecule has 1 atom stereocenters. The molecule has 0 saturated carbocycles. The Bertz CT molecular complexity index is 1020. The predicted molar refractivity (Wildman–Crippen MR) is 118 cm³/mol. The molecule has 0 N–H and O–H groups in total. The minimum absolute atomic E-state index is 0.0176. The molecular weight excluding hydrogens is 392 g/mol. The van der Waals surface area contributed by atoms with Crippen LogP contribution in [0.1, 0.15) is 43.2 Å². The molecule has 6 nitrogen and oxygen atoms in total. The fourth-order valence-corrected chi connectivity index (χ4v) is 4.18. The lowest BCUT2D eigenvalue weighted by atomic mass is 10.0. The Labute approximate surface area is 182 Å². The second kappa shape index (κ2) is 9.69. The van der Waals surface area contributed by atoms with E-state index in [2.05, 4.69) is 4.98 Å². The number of benzene rings is 2. The van der Waals surface area contributed by atoms with Crippen molar-refractivity contribution >= 4 is 5.91 Å². The van der Waals surface area contributed by atoms with Gasteiger partial charge in [0.15, 0.2) is 11.7 Å². The van der Waals surface area contributed by atoms with Crippen molar-refractivity contribution in [3.63, 3.8) is 0 Å². The molecule has 1 unspecified atom stereocenters. The van der Waals surface area contributed by atoms with E-state index >= 15 is 0 Å². The maximum Gasteiger partial charge on any atom is 0.223 e. The van der Waals surface area contributed by atoms with Gasteiger partial charge in [0.1, 0.15) is 11.5 Å². The highest BCUT2D eigenvalue weighted by molar-refractivity contribution is 5.77. The molecule has 162 valence electrons. The Morgan fingerprint density at radius 1 is 1.16 bits per heavy atom. The molecule has 1 aliphatic rings. The van der Waals surface area contributed by atoms with Crippen molar-refractivity contribution < 1.29 is 18.7 Å². The van der Waals surface area contributed by atoms with Gasteiger partial charge < -0.3 is 18.8 Å². The van der Waals surface area contributed by atoms with Crippen LogP contribution in [0, 0.1) is 0 Å². The number of aryl methyl sites for hydroxylation is 1. The van der Waals surface area contributed by atoms with Gasteiger partial charge in [0.2, 0.25) is 5.91 Å². The standard InChI is InChI=1S/C25H28N2O4/c1-29-19-13-14-22(30-2)20(16-19)21-10-7-15-27(21)25(28)12-6-11-24-26-17-23(31-24)18-8-4-3-5-9-18/h3-5,8-9,13-14,16-17,21H,6-7,10-12,15H2,1-2H3. The van der Waals surface area contributed by atoms with Crippen LogP contribution < -0.4 is 9.47 Å². The van der Waals surface area contributed by atoms with Crippen molar-refractivity contribution in [3.05, 3.63) is 66.2 Å². The van der Waals surface area contributed by atoms with Crippen molar-refractivity contribution in [2.24, 2.45) is 0 Å². The maximum atomic E-state index is 13.0. The third-order valence-electron chi connectivity index (χ3n) is 5.76. The molecule has 1 aromatic heterocycles. The van der Waals surface area contributed by atoms with E-state index in [0.717, 1.165) is 47.8 Å². The smallest absolute Gasteiger partial charge is 0.223 e. The first-order valence-electron chi connectivity index (χ1n) is 10.7. The summed E-state index contributed by atoms with van der Waals surface area (Å²) < 4.78 is 16.8. The van der Waals surface area contributed by atoms with Crippen LogP contribution in [0.15, 0.2) is 59.1 Å². The summed E-state index contributed by atoms with van der Waals surface area (Å²) in [6.07, 6.45) is 5.46. The molecule has 1 fully saturated rings. The highest BCUT2D eigenvalue weighted by Crippen LogP contribution is 2.39. The van der Waals surface area contributed by atoms with E-state index in [4.69, 9.17) is 13.9 Å². The minimum atomic E-state index is 0.0176. The molecule has 4 rings (SSSR count). The van der Waals surface area contributed by atoms with Crippen molar-refractivity contribution in [1.82, 2.24) is 9.88 Å². The van der Waals surface area contributed by atoms with E-state index in [9.17, 15) is 4.79 Å². The number of hydrogen-bond donors (Lipinski definition) is 0. The molecule has 0 aliphatic carbocycles.